The minimum absolute atomic E-state index is 0.163. The van der Waals surface area contributed by atoms with E-state index in [2.05, 4.69) is 15.3 Å². The molecule has 3 rings (SSSR count). The van der Waals surface area contributed by atoms with Gasteiger partial charge in [-0.05, 0) is 24.3 Å². The number of hydrogen-bond donors (Lipinski definition) is 1. The normalized spacial score (nSPS) is 11.5. The molecule has 0 saturated carbocycles. The molecule has 0 spiro atoms. The zero-order valence-corrected chi connectivity index (χ0v) is 11.9. The molecule has 0 aliphatic carbocycles. The van der Waals surface area contributed by atoms with Crippen LogP contribution in [0.15, 0.2) is 48.8 Å². The molecule has 0 aliphatic rings. The van der Waals surface area contributed by atoms with Gasteiger partial charge in [-0.15, -0.1) is 0 Å². The minimum atomic E-state index is -4.47. The lowest BCUT2D eigenvalue weighted by atomic mass is 10.1. The summed E-state index contributed by atoms with van der Waals surface area (Å²) in [4.78, 5) is 18.3. The maximum Gasteiger partial charge on any atom is 0.416 e. The van der Waals surface area contributed by atoms with Crippen molar-refractivity contribution in [1.82, 2.24) is 9.97 Å². The van der Waals surface area contributed by atoms with Crippen molar-refractivity contribution >= 4 is 28.1 Å². The number of alkyl halides is 3. The van der Waals surface area contributed by atoms with Gasteiger partial charge in [0.15, 0.2) is 0 Å². The molecule has 0 radical (unpaired) electrons. The second-order valence-electron chi connectivity index (χ2n) is 4.88. The first kappa shape index (κ1) is 15.7. The fourth-order valence-electron chi connectivity index (χ4n) is 2.17. The van der Waals surface area contributed by atoms with Gasteiger partial charge in [0.25, 0.3) is 5.69 Å². The molecule has 0 amide bonds. The Balaban J connectivity index is 2.04. The fraction of sp³-hybridized carbons (Fsp3) is 0.0667. The van der Waals surface area contributed by atoms with Crippen molar-refractivity contribution in [3.05, 3.63) is 64.5 Å². The van der Waals surface area contributed by atoms with Crippen molar-refractivity contribution in [3.8, 4) is 0 Å². The van der Waals surface area contributed by atoms with E-state index in [0.29, 0.717) is 10.9 Å². The van der Waals surface area contributed by atoms with E-state index in [1.807, 2.05) is 0 Å². The second kappa shape index (κ2) is 5.76. The number of nitrogens with one attached hydrogen (secondary N) is 1. The molecule has 0 saturated heterocycles. The number of fused-ring (bicyclic) bond motifs is 1. The molecule has 0 unspecified atom stereocenters. The summed E-state index contributed by atoms with van der Waals surface area (Å²) in [6.45, 7) is 0. The van der Waals surface area contributed by atoms with E-state index in [1.54, 1.807) is 0 Å². The van der Waals surface area contributed by atoms with E-state index in [4.69, 9.17) is 0 Å². The number of non-ortho nitro benzene ring substituents is 1. The van der Waals surface area contributed by atoms with E-state index in [-0.39, 0.29) is 17.2 Å². The minimum Gasteiger partial charge on any atom is -0.340 e. The van der Waals surface area contributed by atoms with Crippen LogP contribution in [0.3, 0.4) is 0 Å². The molecule has 0 fully saturated rings. The van der Waals surface area contributed by atoms with Gasteiger partial charge in [-0.3, -0.25) is 10.1 Å². The Morgan fingerprint density at radius 3 is 2.58 bits per heavy atom. The highest BCUT2D eigenvalue weighted by molar-refractivity contribution is 5.92. The lowest BCUT2D eigenvalue weighted by Gasteiger charge is -2.11. The summed E-state index contributed by atoms with van der Waals surface area (Å²) in [5.41, 5.74) is -0.373. The summed E-state index contributed by atoms with van der Waals surface area (Å²) in [6, 6.07) is 8.61. The molecule has 122 valence electrons. The Labute approximate surface area is 133 Å². The topological polar surface area (TPSA) is 81.0 Å². The Morgan fingerprint density at radius 2 is 1.88 bits per heavy atom. The van der Waals surface area contributed by atoms with Crippen molar-refractivity contribution in [2.45, 2.75) is 6.18 Å². The molecule has 24 heavy (non-hydrogen) atoms. The van der Waals surface area contributed by atoms with Gasteiger partial charge >= 0.3 is 6.18 Å². The zero-order valence-electron chi connectivity index (χ0n) is 11.9. The highest BCUT2D eigenvalue weighted by Gasteiger charge is 2.30. The zero-order chi connectivity index (χ0) is 17.3. The summed E-state index contributed by atoms with van der Waals surface area (Å²) < 4.78 is 38.3. The Hall–Kier alpha value is -3.23. The van der Waals surface area contributed by atoms with Gasteiger partial charge in [0, 0.05) is 23.2 Å². The van der Waals surface area contributed by atoms with Gasteiger partial charge < -0.3 is 5.32 Å². The standard InChI is InChI=1S/C15H9F3N4O2/c16-15(17,18)9-2-1-3-10(6-9)21-14-12-7-11(22(23)24)4-5-13(12)19-8-20-14/h1-8H,(H,19,20,21). The van der Waals surface area contributed by atoms with Gasteiger partial charge in [0.2, 0.25) is 0 Å². The number of halogens is 3. The van der Waals surface area contributed by atoms with Crippen molar-refractivity contribution in [3.63, 3.8) is 0 Å². The molecule has 0 aliphatic heterocycles. The van der Waals surface area contributed by atoms with Crippen molar-refractivity contribution in [1.29, 1.82) is 0 Å². The van der Waals surface area contributed by atoms with E-state index >= 15 is 0 Å². The molecule has 1 aromatic heterocycles. The van der Waals surface area contributed by atoms with Crippen LogP contribution < -0.4 is 5.32 Å². The largest absolute Gasteiger partial charge is 0.416 e. The Bertz CT molecular complexity index is 928. The number of nitrogens with zero attached hydrogens (tertiary/aromatic N) is 3. The number of benzene rings is 2. The van der Waals surface area contributed by atoms with Crippen LogP contribution >= 0.6 is 0 Å². The fourth-order valence-corrected chi connectivity index (χ4v) is 2.17. The van der Waals surface area contributed by atoms with Crippen LogP contribution in [0.5, 0.6) is 0 Å². The predicted molar refractivity (Wildman–Crippen MR) is 80.9 cm³/mol. The molecular weight excluding hydrogens is 325 g/mol. The lowest BCUT2D eigenvalue weighted by Crippen LogP contribution is -2.05. The number of rotatable bonds is 3. The summed E-state index contributed by atoms with van der Waals surface area (Å²) in [5.74, 6) is 0.183. The van der Waals surface area contributed by atoms with Crippen LogP contribution in [-0.2, 0) is 6.18 Å². The maximum absolute atomic E-state index is 12.8. The van der Waals surface area contributed by atoms with Crippen LogP contribution in [-0.4, -0.2) is 14.9 Å². The summed E-state index contributed by atoms with van der Waals surface area (Å²) in [5, 5.41) is 14.0. The van der Waals surface area contributed by atoms with E-state index in [0.717, 1.165) is 12.1 Å². The average molecular weight is 334 g/mol. The highest BCUT2D eigenvalue weighted by atomic mass is 19.4. The van der Waals surface area contributed by atoms with Crippen LogP contribution in [0, 0.1) is 10.1 Å². The Morgan fingerprint density at radius 1 is 1.08 bits per heavy atom. The molecular formula is C15H9F3N4O2. The van der Waals surface area contributed by atoms with Gasteiger partial charge in [-0.1, -0.05) is 6.07 Å². The number of aromatic nitrogens is 2. The first-order valence-corrected chi connectivity index (χ1v) is 6.68. The third-order valence-electron chi connectivity index (χ3n) is 3.28. The third-order valence-corrected chi connectivity index (χ3v) is 3.28. The Kier molecular flexibility index (Phi) is 3.76. The van der Waals surface area contributed by atoms with Gasteiger partial charge in [0.1, 0.15) is 12.1 Å². The highest BCUT2D eigenvalue weighted by Crippen LogP contribution is 2.32. The lowest BCUT2D eigenvalue weighted by molar-refractivity contribution is -0.384. The number of hydrogen-bond acceptors (Lipinski definition) is 5. The van der Waals surface area contributed by atoms with Crippen molar-refractivity contribution < 1.29 is 18.1 Å². The number of nitro benzene ring substituents is 1. The molecule has 6 nitrogen and oxygen atoms in total. The maximum atomic E-state index is 12.8. The molecule has 0 bridgehead atoms. The average Bonchev–Trinajstić information content (AvgIpc) is 2.54. The van der Waals surface area contributed by atoms with Gasteiger partial charge in [-0.25, -0.2) is 9.97 Å². The molecule has 1 N–H and O–H groups in total. The van der Waals surface area contributed by atoms with Gasteiger partial charge in [0.05, 0.1) is 16.0 Å². The molecule has 0 atom stereocenters. The molecule has 3 aromatic rings. The van der Waals surface area contributed by atoms with E-state index in [9.17, 15) is 23.3 Å². The molecule has 2 aromatic carbocycles. The smallest absolute Gasteiger partial charge is 0.340 e. The van der Waals surface area contributed by atoms with Crippen molar-refractivity contribution in [2.75, 3.05) is 5.32 Å². The SMILES string of the molecule is O=[N+]([O-])c1ccc2ncnc(Nc3cccc(C(F)(F)F)c3)c2c1. The summed E-state index contributed by atoms with van der Waals surface area (Å²) in [6.07, 6.45) is -3.24. The number of anilines is 2. The number of nitro groups is 1. The first-order chi connectivity index (χ1) is 11.3. The van der Waals surface area contributed by atoms with Crippen LogP contribution in [0.2, 0.25) is 0 Å². The summed E-state index contributed by atoms with van der Waals surface area (Å²) >= 11 is 0. The quantitative estimate of drug-likeness (QED) is 0.570. The van der Waals surface area contributed by atoms with E-state index in [1.165, 1.54) is 36.7 Å². The predicted octanol–water partition coefficient (Wildman–Crippen LogP) is 4.30. The summed E-state index contributed by atoms with van der Waals surface area (Å²) in [7, 11) is 0. The molecule has 1 heterocycles. The van der Waals surface area contributed by atoms with Gasteiger partial charge in [-0.2, -0.15) is 13.2 Å². The van der Waals surface area contributed by atoms with Crippen LogP contribution in [0.4, 0.5) is 30.4 Å². The third kappa shape index (κ3) is 3.09. The molecule has 9 heteroatoms. The van der Waals surface area contributed by atoms with E-state index < -0.39 is 16.7 Å². The van der Waals surface area contributed by atoms with Crippen LogP contribution in [0.1, 0.15) is 5.56 Å². The monoisotopic (exact) mass is 334 g/mol. The first-order valence-electron chi connectivity index (χ1n) is 6.68. The second-order valence-corrected chi connectivity index (χ2v) is 4.88. The van der Waals surface area contributed by atoms with Crippen molar-refractivity contribution in [2.24, 2.45) is 0 Å². The van der Waals surface area contributed by atoms with Crippen LogP contribution in [0.25, 0.3) is 10.9 Å².